The number of allylic oxidation sites excluding steroid dienone is 1. The molecule has 0 saturated carbocycles. The molecule has 2 N–H and O–H groups in total. The standard InChI is InChI=1S/C12H22N4O3/c1-14(2)7-8-15(3)11-9-10(19-4)5-6-12(11,13)16(17)18/h5-6,9,11H,7-8,13H2,1-4H3. The molecular weight excluding hydrogens is 248 g/mol. The van der Waals surface area contributed by atoms with Crippen LogP contribution in [0.3, 0.4) is 0 Å². The van der Waals surface area contributed by atoms with Gasteiger partial charge in [-0.25, -0.2) is 0 Å². The van der Waals surface area contributed by atoms with Gasteiger partial charge in [-0.1, -0.05) is 0 Å². The number of hydrogen-bond acceptors (Lipinski definition) is 6. The number of rotatable bonds is 6. The third kappa shape index (κ3) is 3.52. The summed E-state index contributed by atoms with van der Waals surface area (Å²) in [6.07, 6.45) is 4.63. The zero-order valence-corrected chi connectivity index (χ0v) is 11.9. The van der Waals surface area contributed by atoms with Gasteiger partial charge in [-0.05, 0) is 33.3 Å². The van der Waals surface area contributed by atoms with E-state index in [0.717, 1.165) is 6.54 Å². The minimum Gasteiger partial charge on any atom is -0.497 e. The van der Waals surface area contributed by atoms with E-state index in [2.05, 4.69) is 0 Å². The average molecular weight is 270 g/mol. The second-order valence-corrected chi connectivity index (χ2v) is 4.98. The van der Waals surface area contributed by atoms with Crippen LogP contribution in [0.1, 0.15) is 0 Å². The summed E-state index contributed by atoms with van der Waals surface area (Å²) >= 11 is 0. The molecule has 0 fully saturated rings. The van der Waals surface area contributed by atoms with Crippen molar-refractivity contribution in [3.63, 3.8) is 0 Å². The smallest absolute Gasteiger partial charge is 0.310 e. The van der Waals surface area contributed by atoms with E-state index in [4.69, 9.17) is 10.5 Å². The molecule has 108 valence electrons. The van der Waals surface area contributed by atoms with Crippen LogP contribution in [0.5, 0.6) is 0 Å². The number of methoxy groups -OCH3 is 1. The molecule has 1 aliphatic rings. The van der Waals surface area contributed by atoms with Crippen molar-refractivity contribution < 1.29 is 9.66 Å². The van der Waals surface area contributed by atoms with Crippen LogP contribution in [0.2, 0.25) is 0 Å². The van der Waals surface area contributed by atoms with Gasteiger partial charge in [0.2, 0.25) is 0 Å². The Labute approximate surface area is 113 Å². The minimum absolute atomic E-state index is 0.455. The fourth-order valence-corrected chi connectivity index (χ4v) is 1.94. The fourth-order valence-electron chi connectivity index (χ4n) is 1.94. The van der Waals surface area contributed by atoms with Gasteiger partial charge in [-0.15, -0.1) is 0 Å². The Balaban J connectivity index is 2.93. The van der Waals surface area contributed by atoms with Crippen molar-refractivity contribution in [3.05, 3.63) is 34.1 Å². The molecule has 1 aliphatic carbocycles. The van der Waals surface area contributed by atoms with Crippen LogP contribution < -0.4 is 5.73 Å². The summed E-state index contributed by atoms with van der Waals surface area (Å²) in [5.74, 6) is 0.588. The molecule has 1 rings (SSSR count). The van der Waals surface area contributed by atoms with Crippen molar-refractivity contribution in [2.45, 2.75) is 11.7 Å². The molecule has 0 amide bonds. The maximum Gasteiger partial charge on any atom is 0.310 e. The summed E-state index contributed by atoms with van der Waals surface area (Å²) in [5.41, 5.74) is 4.31. The topological polar surface area (TPSA) is 84.9 Å². The maximum absolute atomic E-state index is 11.2. The second kappa shape index (κ2) is 6.14. The molecule has 0 spiro atoms. The summed E-state index contributed by atoms with van der Waals surface area (Å²) in [4.78, 5) is 14.7. The summed E-state index contributed by atoms with van der Waals surface area (Å²) in [6, 6.07) is -0.539. The monoisotopic (exact) mass is 270 g/mol. The maximum atomic E-state index is 11.2. The molecular formula is C12H22N4O3. The molecule has 0 bridgehead atoms. The Morgan fingerprint density at radius 1 is 1.47 bits per heavy atom. The molecule has 7 heteroatoms. The van der Waals surface area contributed by atoms with E-state index >= 15 is 0 Å². The molecule has 19 heavy (non-hydrogen) atoms. The van der Waals surface area contributed by atoms with Crippen LogP contribution in [0.15, 0.2) is 24.0 Å². The molecule has 0 heterocycles. The van der Waals surface area contributed by atoms with E-state index in [1.54, 1.807) is 12.2 Å². The normalized spacial score (nSPS) is 26.7. The van der Waals surface area contributed by atoms with Crippen LogP contribution in [0.25, 0.3) is 0 Å². The lowest BCUT2D eigenvalue weighted by Gasteiger charge is -2.34. The molecule has 2 unspecified atom stereocenters. The predicted molar refractivity (Wildman–Crippen MR) is 73.1 cm³/mol. The zero-order valence-electron chi connectivity index (χ0n) is 11.9. The largest absolute Gasteiger partial charge is 0.497 e. The fraction of sp³-hybridized carbons (Fsp3) is 0.667. The van der Waals surface area contributed by atoms with Gasteiger partial charge in [-0.3, -0.25) is 20.7 Å². The van der Waals surface area contributed by atoms with Gasteiger partial charge in [0, 0.05) is 24.1 Å². The Morgan fingerprint density at radius 2 is 2.11 bits per heavy atom. The first-order valence-electron chi connectivity index (χ1n) is 6.04. The van der Waals surface area contributed by atoms with Crippen LogP contribution in [-0.2, 0) is 4.74 Å². The van der Waals surface area contributed by atoms with Gasteiger partial charge in [0.15, 0.2) is 0 Å². The molecule has 0 aromatic carbocycles. The van der Waals surface area contributed by atoms with E-state index in [0.29, 0.717) is 12.3 Å². The second-order valence-electron chi connectivity index (χ2n) is 4.98. The molecule has 0 saturated heterocycles. The summed E-state index contributed by atoms with van der Waals surface area (Å²) in [6.45, 7) is 1.46. The van der Waals surface area contributed by atoms with Crippen molar-refractivity contribution >= 4 is 0 Å². The number of nitrogens with zero attached hydrogens (tertiary/aromatic N) is 3. The Morgan fingerprint density at radius 3 is 2.58 bits per heavy atom. The highest BCUT2D eigenvalue weighted by Gasteiger charge is 2.47. The average Bonchev–Trinajstić information content (AvgIpc) is 2.36. The van der Waals surface area contributed by atoms with E-state index in [1.165, 1.54) is 13.2 Å². The molecule has 0 aromatic rings. The third-order valence-electron chi connectivity index (χ3n) is 3.24. The highest BCUT2D eigenvalue weighted by atomic mass is 16.6. The van der Waals surface area contributed by atoms with Crippen LogP contribution >= 0.6 is 0 Å². The lowest BCUT2D eigenvalue weighted by atomic mass is 9.94. The first kappa shape index (κ1) is 15.6. The summed E-state index contributed by atoms with van der Waals surface area (Å²) in [7, 11) is 7.26. The highest BCUT2D eigenvalue weighted by molar-refractivity contribution is 5.28. The van der Waals surface area contributed by atoms with Gasteiger partial charge in [0.05, 0.1) is 7.11 Å². The quantitative estimate of drug-likeness (QED) is 0.411. The number of likely N-dealkylation sites (N-methyl/N-ethyl adjacent to an activating group) is 2. The van der Waals surface area contributed by atoms with Crippen molar-refractivity contribution in [2.75, 3.05) is 41.3 Å². The van der Waals surface area contributed by atoms with Gasteiger partial charge in [0.1, 0.15) is 11.8 Å². The van der Waals surface area contributed by atoms with E-state index in [9.17, 15) is 10.1 Å². The lowest BCUT2D eigenvalue weighted by Crippen LogP contribution is -2.62. The van der Waals surface area contributed by atoms with Gasteiger partial charge in [0.25, 0.3) is 0 Å². The van der Waals surface area contributed by atoms with Crippen LogP contribution in [0.4, 0.5) is 0 Å². The predicted octanol–water partition coefficient (Wildman–Crippen LogP) is -0.120. The van der Waals surface area contributed by atoms with Crippen LogP contribution in [0, 0.1) is 10.1 Å². The summed E-state index contributed by atoms with van der Waals surface area (Å²) in [5, 5.41) is 11.2. The minimum atomic E-state index is -1.62. The van der Waals surface area contributed by atoms with Crippen LogP contribution in [-0.4, -0.2) is 67.8 Å². The van der Waals surface area contributed by atoms with Crippen molar-refractivity contribution in [1.82, 2.24) is 9.80 Å². The number of nitro groups is 1. The number of ether oxygens (including phenoxy) is 1. The van der Waals surface area contributed by atoms with Gasteiger partial charge < -0.3 is 9.64 Å². The first-order valence-corrected chi connectivity index (χ1v) is 6.04. The third-order valence-corrected chi connectivity index (χ3v) is 3.24. The Bertz CT molecular complexity index is 394. The van der Waals surface area contributed by atoms with Gasteiger partial charge >= 0.3 is 5.66 Å². The summed E-state index contributed by atoms with van der Waals surface area (Å²) < 4.78 is 5.13. The Kier molecular flexibility index (Phi) is 5.04. The van der Waals surface area contributed by atoms with Crippen molar-refractivity contribution in [3.8, 4) is 0 Å². The first-order chi connectivity index (χ1) is 8.81. The molecule has 7 nitrogen and oxygen atoms in total. The van der Waals surface area contributed by atoms with E-state index in [1.807, 2.05) is 30.9 Å². The van der Waals surface area contributed by atoms with Crippen molar-refractivity contribution in [1.29, 1.82) is 0 Å². The van der Waals surface area contributed by atoms with Crippen molar-refractivity contribution in [2.24, 2.45) is 5.73 Å². The molecule has 0 aliphatic heterocycles. The molecule has 0 radical (unpaired) electrons. The lowest BCUT2D eigenvalue weighted by molar-refractivity contribution is -0.560. The highest BCUT2D eigenvalue weighted by Crippen LogP contribution is 2.24. The number of nitrogens with two attached hydrogens (primary N) is 1. The number of hydrogen-bond donors (Lipinski definition) is 1. The zero-order chi connectivity index (χ0) is 14.6. The molecule has 2 atom stereocenters. The van der Waals surface area contributed by atoms with E-state index in [-0.39, 0.29) is 0 Å². The molecule has 0 aromatic heterocycles. The SMILES string of the molecule is COC1=CC(N(C)CCN(C)C)C(N)([N+](=O)[O-])C=C1. The Hall–Kier alpha value is -1.44. The van der Waals surface area contributed by atoms with E-state index < -0.39 is 16.6 Å². The van der Waals surface area contributed by atoms with Gasteiger partial charge in [-0.2, -0.15) is 0 Å².